The summed E-state index contributed by atoms with van der Waals surface area (Å²) in [6.07, 6.45) is 1.01. The first-order valence-corrected chi connectivity index (χ1v) is 10.7. The summed E-state index contributed by atoms with van der Waals surface area (Å²) >= 11 is 12.3. The molecule has 2 saturated heterocycles. The summed E-state index contributed by atoms with van der Waals surface area (Å²) in [4.78, 5) is 27.7. The van der Waals surface area contributed by atoms with Crippen molar-refractivity contribution in [2.45, 2.75) is 36.9 Å². The molecule has 2 unspecified atom stereocenters. The van der Waals surface area contributed by atoms with E-state index in [4.69, 9.17) is 32.7 Å². The lowest BCUT2D eigenvalue weighted by Crippen LogP contribution is -2.52. The third-order valence-electron chi connectivity index (χ3n) is 6.37. The monoisotopic (exact) mass is 447 g/mol. The van der Waals surface area contributed by atoms with Crippen LogP contribution in [0.1, 0.15) is 34.7 Å². The van der Waals surface area contributed by atoms with E-state index in [1.54, 1.807) is 30.3 Å². The molecule has 0 amide bonds. The Balaban J connectivity index is 1.65. The van der Waals surface area contributed by atoms with Crippen LogP contribution in [0.25, 0.3) is 0 Å². The Morgan fingerprint density at radius 3 is 2.43 bits per heavy atom. The van der Waals surface area contributed by atoms with Gasteiger partial charge in [-0.1, -0.05) is 47.5 Å². The number of fused-ring (bicyclic) bond motifs is 2. The molecule has 2 aliphatic rings. The van der Waals surface area contributed by atoms with Crippen molar-refractivity contribution in [3.05, 3.63) is 69.7 Å². The van der Waals surface area contributed by atoms with Crippen LogP contribution in [0, 0.1) is 5.92 Å². The lowest BCUT2D eigenvalue weighted by molar-refractivity contribution is -0.151. The normalized spacial score (nSPS) is 28.2. The summed E-state index contributed by atoms with van der Waals surface area (Å²) in [6.45, 7) is 0. The van der Waals surface area contributed by atoms with Gasteiger partial charge in [-0.3, -0.25) is 9.69 Å². The number of hydrogen-bond acceptors (Lipinski definition) is 5. The molecular formula is C23H23Cl2NO4. The third-order valence-corrected chi connectivity index (χ3v) is 7.11. The number of rotatable bonds is 4. The van der Waals surface area contributed by atoms with Crippen molar-refractivity contribution >= 4 is 35.1 Å². The first-order chi connectivity index (χ1) is 14.4. The number of likely N-dealkylation sites (N-methyl/N-ethyl adjacent to an activating group) is 1. The molecule has 4 rings (SSSR count). The molecule has 0 aliphatic carbocycles. The van der Waals surface area contributed by atoms with Gasteiger partial charge in [-0.15, -0.1) is 0 Å². The number of piperidine rings is 1. The van der Waals surface area contributed by atoms with Gasteiger partial charge in [0.1, 0.15) is 6.10 Å². The molecule has 2 heterocycles. The van der Waals surface area contributed by atoms with Gasteiger partial charge >= 0.3 is 11.9 Å². The molecule has 2 bridgehead atoms. The van der Waals surface area contributed by atoms with E-state index < -0.39 is 12.0 Å². The number of benzene rings is 2. The minimum absolute atomic E-state index is 0.0983. The summed E-state index contributed by atoms with van der Waals surface area (Å²) in [5.74, 6) is -1.27. The van der Waals surface area contributed by atoms with Crippen molar-refractivity contribution in [1.82, 2.24) is 4.90 Å². The van der Waals surface area contributed by atoms with Gasteiger partial charge in [0.25, 0.3) is 0 Å². The van der Waals surface area contributed by atoms with Crippen molar-refractivity contribution in [2.75, 3.05) is 14.2 Å². The van der Waals surface area contributed by atoms with E-state index >= 15 is 0 Å². The van der Waals surface area contributed by atoms with E-state index in [1.165, 1.54) is 7.11 Å². The van der Waals surface area contributed by atoms with Crippen LogP contribution in [0.4, 0.5) is 0 Å². The molecule has 0 radical (unpaired) electrons. The lowest BCUT2D eigenvalue weighted by Gasteiger charge is -2.42. The summed E-state index contributed by atoms with van der Waals surface area (Å²) in [5.41, 5.74) is 1.44. The van der Waals surface area contributed by atoms with E-state index in [-0.39, 0.29) is 29.9 Å². The second kappa shape index (κ2) is 8.58. The molecule has 0 spiro atoms. The van der Waals surface area contributed by atoms with Crippen molar-refractivity contribution in [3.63, 3.8) is 0 Å². The van der Waals surface area contributed by atoms with Crippen LogP contribution in [0.15, 0.2) is 48.5 Å². The highest BCUT2D eigenvalue weighted by atomic mass is 35.5. The van der Waals surface area contributed by atoms with E-state index in [0.29, 0.717) is 22.0 Å². The largest absolute Gasteiger partial charge is 0.469 e. The second-order valence-electron chi connectivity index (χ2n) is 7.92. The van der Waals surface area contributed by atoms with Crippen molar-refractivity contribution in [2.24, 2.45) is 5.92 Å². The molecule has 30 heavy (non-hydrogen) atoms. The maximum Gasteiger partial charge on any atom is 0.338 e. The zero-order valence-corrected chi connectivity index (χ0v) is 18.3. The lowest BCUT2D eigenvalue weighted by atomic mass is 9.76. The highest BCUT2D eigenvalue weighted by molar-refractivity contribution is 6.42. The topological polar surface area (TPSA) is 55.8 Å². The molecule has 2 aliphatic heterocycles. The second-order valence-corrected chi connectivity index (χ2v) is 8.73. The summed E-state index contributed by atoms with van der Waals surface area (Å²) in [7, 11) is 3.37. The number of hydrogen-bond donors (Lipinski definition) is 0. The van der Waals surface area contributed by atoms with Crippen LogP contribution < -0.4 is 0 Å². The zero-order valence-electron chi connectivity index (χ0n) is 16.8. The van der Waals surface area contributed by atoms with Crippen LogP contribution in [0.5, 0.6) is 0 Å². The quantitative estimate of drug-likeness (QED) is 0.642. The fourth-order valence-corrected chi connectivity index (χ4v) is 5.23. The summed E-state index contributed by atoms with van der Waals surface area (Å²) < 4.78 is 11.1. The van der Waals surface area contributed by atoms with Crippen LogP contribution in [-0.4, -0.2) is 49.2 Å². The van der Waals surface area contributed by atoms with E-state index in [0.717, 1.165) is 12.0 Å². The van der Waals surface area contributed by atoms with Crippen molar-refractivity contribution in [3.8, 4) is 0 Å². The van der Waals surface area contributed by atoms with Crippen molar-refractivity contribution in [1.29, 1.82) is 0 Å². The first-order valence-electron chi connectivity index (χ1n) is 9.91. The average molecular weight is 448 g/mol. The predicted molar refractivity (Wildman–Crippen MR) is 115 cm³/mol. The van der Waals surface area contributed by atoms with Gasteiger partial charge in [0, 0.05) is 18.4 Å². The number of ether oxygens (including phenoxy) is 2. The minimum Gasteiger partial charge on any atom is -0.469 e. The molecule has 0 N–H and O–H groups in total. The van der Waals surface area contributed by atoms with Crippen LogP contribution in [-0.2, 0) is 14.3 Å². The number of halogens is 2. The fourth-order valence-electron chi connectivity index (χ4n) is 4.93. The molecular weight excluding hydrogens is 425 g/mol. The highest BCUT2D eigenvalue weighted by Gasteiger charge is 2.55. The molecule has 2 aromatic rings. The van der Waals surface area contributed by atoms with Gasteiger partial charge in [0.15, 0.2) is 0 Å². The Morgan fingerprint density at radius 2 is 1.77 bits per heavy atom. The van der Waals surface area contributed by atoms with Crippen LogP contribution >= 0.6 is 23.2 Å². The minimum atomic E-state index is -0.482. The zero-order chi connectivity index (χ0) is 21.4. The van der Waals surface area contributed by atoms with Crippen LogP contribution in [0.2, 0.25) is 10.0 Å². The summed E-state index contributed by atoms with van der Waals surface area (Å²) in [6, 6.07) is 14.3. The maximum atomic E-state index is 12.9. The van der Waals surface area contributed by atoms with Gasteiger partial charge in [0.2, 0.25) is 0 Å². The maximum absolute atomic E-state index is 12.9. The summed E-state index contributed by atoms with van der Waals surface area (Å²) in [5, 5.41) is 0.928. The number of esters is 2. The van der Waals surface area contributed by atoms with Gasteiger partial charge in [-0.2, -0.15) is 0 Å². The van der Waals surface area contributed by atoms with Gasteiger partial charge in [0.05, 0.1) is 34.7 Å². The van der Waals surface area contributed by atoms with Crippen LogP contribution in [0.3, 0.4) is 0 Å². The van der Waals surface area contributed by atoms with Crippen molar-refractivity contribution < 1.29 is 19.1 Å². The molecule has 7 heteroatoms. The Morgan fingerprint density at radius 1 is 1.03 bits per heavy atom. The highest BCUT2D eigenvalue weighted by Crippen LogP contribution is 2.48. The molecule has 2 fully saturated rings. The van der Waals surface area contributed by atoms with Gasteiger partial charge in [-0.05, 0) is 43.3 Å². The molecule has 158 valence electrons. The molecule has 2 aromatic carbocycles. The van der Waals surface area contributed by atoms with Gasteiger partial charge in [-0.25, -0.2) is 4.79 Å². The Labute approximate surface area is 185 Å². The Kier molecular flexibility index (Phi) is 6.05. The molecule has 5 atom stereocenters. The van der Waals surface area contributed by atoms with Gasteiger partial charge < -0.3 is 9.47 Å². The van der Waals surface area contributed by atoms with E-state index in [9.17, 15) is 9.59 Å². The first kappa shape index (κ1) is 21.2. The molecule has 0 aromatic heterocycles. The number of methoxy groups -OCH3 is 1. The Hall–Kier alpha value is -2.08. The van der Waals surface area contributed by atoms with E-state index in [1.807, 2.05) is 25.2 Å². The smallest absolute Gasteiger partial charge is 0.338 e. The predicted octanol–water partition coefficient (Wildman–Crippen LogP) is 4.57. The number of carbonyl (C=O) groups is 2. The third kappa shape index (κ3) is 3.82. The molecule has 5 nitrogen and oxygen atoms in total. The average Bonchev–Trinajstić information content (AvgIpc) is 2.94. The standard InChI is InChI=1S/C23H23Cl2NO4/c1-26-15-11-16(14-8-9-17(24)18(25)10-14)20(23(28)29-2)21(26)19(12-15)30-22(27)13-6-4-3-5-7-13/h3-10,15-16,19-21H,11-12H2,1-2H3/t15?,16-,19-,20-,21?/m0/s1. The molecule has 0 saturated carbocycles. The fraction of sp³-hybridized carbons (Fsp3) is 0.391. The number of nitrogens with zero attached hydrogens (tertiary/aromatic N) is 1. The Bertz CT molecular complexity index is 951. The van der Waals surface area contributed by atoms with E-state index in [2.05, 4.69) is 4.90 Å². The number of carbonyl (C=O) groups excluding carboxylic acids is 2. The SMILES string of the molecule is COC(=O)[C@@H]1C2[C@@H](OC(=O)c3ccccc3)CC(C[C@H]1c1ccc(Cl)c(Cl)c1)N2C.